The standard InChI is InChI=1S/C17H23N3/c1-2-16(12-14-4-5-14)18-13-15-6-8-17(9-7-15)20-11-3-10-19-20/h3,6-11,14,16,18H,2,4-5,12-13H2,1H3. The van der Waals surface area contributed by atoms with Gasteiger partial charge in [0.2, 0.25) is 0 Å². The molecule has 1 atom stereocenters. The fourth-order valence-electron chi connectivity index (χ4n) is 2.60. The van der Waals surface area contributed by atoms with E-state index < -0.39 is 0 Å². The van der Waals surface area contributed by atoms with Crippen molar-refractivity contribution in [1.29, 1.82) is 0 Å². The molecule has 1 fully saturated rings. The molecule has 1 aromatic heterocycles. The van der Waals surface area contributed by atoms with Crippen LogP contribution in [0.4, 0.5) is 0 Å². The van der Waals surface area contributed by atoms with Crippen LogP contribution in [0, 0.1) is 5.92 Å². The van der Waals surface area contributed by atoms with Gasteiger partial charge in [0, 0.05) is 25.0 Å². The zero-order valence-corrected chi connectivity index (χ0v) is 12.1. The molecule has 1 unspecified atom stereocenters. The van der Waals surface area contributed by atoms with Gasteiger partial charge in [-0.3, -0.25) is 0 Å². The lowest BCUT2D eigenvalue weighted by molar-refractivity contribution is 0.445. The van der Waals surface area contributed by atoms with E-state index in [-0.39, 0.29) is 0 Å². The lowest BCUT2D eigenvalue weighted by Crippen LogP contribution is -2.28. The molecule has 0 spiro atoms. The molecule has 106 valence electrons. The van der Waals surface area contributed by atoms with Crippen molar-refractivity contribution in [3.63, 3.8) is 0 Å². The number of benzene rings is 1. The predicted octanol–water partition coefficient (Wildman–Crippen LogP) is 3.54. The molecule has 0 saturated heterocycles. The van der Waals surface area contributed by atoms with E-state index in [4.69, 9.17) is 0 Å². The Kier molecular flexibility index (Phi) is 4.16. The molecule has 1 aliphatic rings. The summed E-state index contributed by atoms with van der Waals surface area (Å²) in [4.78, 5) is 0. The van der Waals surface area contributed by atoms with Crippen LogP contribution in [0.2, 0.25) is 0 Å². The van der Waals surface area contributed by atoms with E-state index in [9.17, 15) is 0 Å². The van der Waals surface area contributed by atoms with Crippen molar-refractivity contribution in [3.8, 4) is 5.69 Å². The van der Waals surface area contributed by atoms with Crippen molar-refractivity contribution in [3.05, 3.63) is 48.3 Å². The van der Waals surface area contributed by atoms with Crippen LogP contribution in [0.3, 0.4) is 0 Å². The van der Waals surface area contributed by atoms with E-state index in [1.807, 2.05) is 16.9 Å². The topological polar surface area (TPSA) is 29.9 Å². The highest BCUT2D eigenvalue weighted by molar-refractivity contribution is 5.33. The second kappa shape index (κ2) is 6.23. The summed E-state index contributed by atoms with van der Waals surface area (Å²) in [6.45, 7) is 3.24. The number of nitrogens with one attached hydrogen (secondary N) is 1. The van der Waals surface area contributed by atoms with Crippen LogP contribution in [0.5, 0.6) is 0 Å². The summed E-state index contributed by atoms with van der Waals surface area (Å²) in [6, 6.07) is 11.3. The van der Waals surface area contributed by atoms with Gasteiger partial charge >= 0.3 is 0 Å². The minimum atomic E-state index is 0.674. The van der Waals surface area contributed by atoms with E-state index in [2.05, 4.69) is 41.6 Å². The van der Waals surface area contributed by atoms with Crippen LogP contribution in [0.15, 0.2) is 42.7 Å². The van der Waals surface area contributed by atoms with Gasteiger partial charge in [-0.05, 0) is 42.5 Å². The van der Waals surface area contributed by atoms with Crippen LogP contribution in [0.1, 0.15) is 38.2 Å². The van der Waals surface area contributed by atoms with E-state index in [1.165, 1.54) is 31.2 Å². The highest BCUT2D eigenvalue weighted by Gasteiger charge is 2.24. The van der Waals surface area contributed by atoms with Crippen molar-refractivity contribution in [2.45, 2.75) is 45.2 Å². The Bertz CT molecular complexity index is 512. The fourth-order valence-corrected chi connectivity index (χ4v) is 2.60. The molecule has 0 bridgehead atoms. The van der Waals surface area contributed by atoms with E-state index in [0.29, 0.717) is 6.04 Å². The largest absolute Gasteiger partial charge is 0.310 e. The average Bonchev–Trinajstić information content (AvgIpc) is 3.14. The number of hydrogen-bond donors (Lipinski definition) is 1. The summed E-state index contributed by atoms with van der Waals surface area (Å²) in [5.41, 5.74) is 2.46. The SMILES string of the molecule is CCC(CC1CC1)NCc1ccc(-n2cccn2)cc1. The smallest absolute Gasteiger partial charge is 0.0645 e. The molecule has 0 aliphatic heterocycles. The first-order valence-electron chi connectivity index (χ1n) is 7.67. The van der Waals surface area contributed by atoms with E-state index in [0.717, 1.165) is 18.2 Å². The van der Waals surface area contributed by atoms with Gasteiger partial charge in [0.1, 0.15) is 0 Å². The van der Waals surface area contributed by atoms with Gasteiger partial charge < -0.3 is 5.32 Å². The maximum absolute atomic E-state index is 4.24. The summed E-state index contributed by atoms with van der Waals surface area (Å²) in [6.07, 6.45) is 9.23. The minimum absolute atomic E-state index is 0.674. The molecule has 1 heterocycles. The highest BCUT2D eigenvalue weighted by Crippen LogP contribution is 2.34. The van der Waals surface area contributed by atoms with Gasteiger partial charge in [-0.2, -0.15) is 5.10 Å². The molecule has 1 N–H and O–H groups in total. The van der Waals surface area contributed by atoms with E-state index >= 15 is 0 Å². The zero-order valence-electron chi connectivity index (χ0n) is 12.1. The van der Waals surface area contributed by atoms with Crippen molar-refractivity contribution in [1.82, 2.24) is 15.1 Å². The number of hydrogen-bond acceptors (Lipinski definition) is 2. The normalized spacial score (nSPS) is 16.2. The Morgan fingerprint density at radius 1 is 1.30 bits per heavy atom. The fraction of sp³-hybridized carbons (Fsp3) is 0.471. The molecule has 3 heteroatoms. The average molecular weight is 269 g/mol. The first kappa shape index (κ1) is 13.4. The summed E-state index contributed by atoms with van der Waals surface area (Å²) in [7, 11) is 0. The first-order valence-corrected chi connectivity index (χ1v) is 7.67. The van der Waals surface area contributed by atoms with Crippen LogP contribution >= 0.6 is 0 Å². The third-order valence-electron chi connectivity index (χ3n) is 4.11. The lowest BCUT2D eigenvalue weighted by Gasteiger charge is -2.16. The molecule has 20 heavy (non-hydrogen) atoms. The molecule has 3 rings (SSSR count). The summed E-state index contributed by atoms with van der Waals surface area (Å²) < 4.78 is 1.89. The highest BCUT2D eigenvalue weighted by atomic mass is 15.3. The molecule has 0 radical (unpaired) electrons. The maximum Gasteiger partial charge on any atom is 0.0645 e. The van der Waals surface area contributed by atoms with E-state index in [1.54, 1.807) is 6.20 Å². The van der Waals surface area contributed by atoms with Gasteiger partial charge in [0.15, 0.2) is 0 Å². The molecular formula is C17H23N3. The molecule has 0 amide bonds. The number of rotatable bonds is 7. The number of nitrogens with zero attached hydrogens (tertiary/aromatic N) is 2. The van der Waals surface area contributed by atoms with Gasteiger partial charge in [-0.1, -0.05) is 31.9 Å². The Labute approximate surface area is 121 Å². The van der Waals surface area contributed by atoms with Gasteiger partial charge in [-0.15, -0.1) is 0 Å². The summed E-state index contributed by atoms with van der Waals surface area (Å²) in [5, 5.41) is 7.93. The van der Waals surface area contributed by atoms with Crippen LogP contribution in [-0.2, 0) is 6.54 Å². The molecule has 1 aromatic carbocycles. The number of aromatic nitrogens is 2. The third kappa shape index (κ3) is 3.48. The monoisotopic (exact) mass is 269 g/mol. The lowest BCUT2D eigenvalue weighted by atomic mass is 10.1. The molecule has 3 nitrogen and oxygen atoms in total. The van der Waals surface area contributed by atoms with Crippen molar-refractivity contribution >= 4 is 0 Å². The third-order valence-corrected chi connectivity index (χ3v) is 4.11. The Morgan fingerprint density at radius 3 is 2.70 bits per heavy atom. The maximum atomic E-state index is 4.24. The van der Waals surface area contributed by atoms with Gasteiger partial charge in [-0.25, -0.2) is 4.68 Å². The first-order chi connectivity index (χ1) is 9.85. The molecule has 1 aliphatic carbocycles. The molecule has 1 saturated carbocycles. The molecule has 2 aromatic rings. The molecular weight excluding hydrogens is 246 g/mol. The van der Waals surface area contributed by atoms with Gasteiger partial charge in [0.05, 0.1) is 5.69 Å². The Morgan fingerprint density at radius 2 is 2.10 bits per heavy atom. The summed E-state index contributed by atoms with van der Waals surface area (Å²) >= 11 is 0. The quantitative estimate of drug-likeness (QED) is 0.833. The zero-order chi connectivity index (χ0) is 13.8. The predicted molar refractivity (Wildman–Crippen MR) is 81.8 cm³/mol. The summed E-state index contributed by atoms with van der Waals surface area (Å²) in [5.74, 6) is 0.995. The Balaban J connectivity index is 1.54. The van der Waals surface area contributed by atoms with Crippen molar-refractivity contribution < 1.29 is 0 Å². The minimum Gasteiger partial charge on any atom is -0.310 e. The van der Waals surface area contributed by atoms with Crippen LogP contribution in [-0.4, -0.2) is 15.8 Å². The van der Waals surface area contributed by atoms with Crippen molar-refractivity contribution in [2.24, 2.45) is 5.92 Å². The second-order valence-electron chi connectivity index (χ2n) is 5.78. The van der Waals surface area contributed by atoms with Gasteiger partial charge in [0.25, 0.3) is 0 Å². The van der Waals surface area contributed by atoms with Crippen LogP contribution in [0.25, 0.3) is 5.69 Å². The Hall–Kier alpha value is -1.61. The second-order valence-corrected chi connectivity index (χ2v) is 5.78. The van der Waals surface area contributed by atoms with Crippen LogP contribution < -0.4 is 5.32 Å². The van der Waals surface area contributed by atoms with Crippen molar-refractivity contribution in [2.75, 3.05) is 0 Å².